The lowest BCUT2D eigenvalue weighted by atomic mass is 9.91. The zero-order valence-corrected chi connectivity index (χ0v) is 20.6. The maximum absolute atomic E-state index is 13.2. The second kappa shape index (κ2) is 11.3. The van der Waals surface area contributed by atoms with Crippen LogP contribution in [0, 0.1) is 13.8 Å². The van der Waals surface area contributed by atoms with Gasteiger partial charge in [-0.25, -0.2) is 10.2 Å². The number of aryl methyl sites for hydroxylation is 1. The number of aromatic nitrogens is 1. The third kappa shape index (κ3) is 5.28. The van der Waals surface area contributed by atoms with E-state index < -0.39 is 5.92 Å². The van der Waals surface area contributed by atoms with Crippen molar-refractivity contribution in [3.8, 4) is 5.69 Å². The number of esters is 1. The Kier molecular flexibility index (Phi) is 7.75. The van der Waals surface area contributed by atoms with Gasteiger partial charge in [-0.1, -0.05) is 72.8 Å². The van der Waals surface area contributed by atoms with Gasteiger partial charge in [0.05, 0.1) is 30.0 Å². The Morgan fingerprint density at radius 3 is 2.11 bits per heavy atom. The van der Waals surface area contributed by atoms with Crippen molar-refractivity contribution in [2.45, 2.75) is 26.7 Å². The molecule has 0 radical (unpaired) electrons. The third-order valence-electron chi connectivity index (χ3n) is 6.02. The van der Waals surface area contributed by atoms with Gasteiger partial charge in [-0.05, 0) is 50.1 Å². The van der Waals surface area contributed by atoms with Crippen LogP contribution in [0.4, 0.5) is 0 Å². The molecule has 4 aromatic rings. The minimum absolute atomic E-state index is 0.217. The summed E-state index contributed by atoms with van der Waals surface area (Å²) >= 11 is 0. The topological polar surface area (TPSA) is 72.7 Å². The normalized spacial score (nSPS) is 11.1. The third-order valence-corrected chi connectivity index (χ3v) is 6.02. The van der Waals surface area contributed by atoms with Crippen molar-refractivity contribution < 1.29 is 14.3 Å². The van der Waals surface area contributed by atoms with Gasteiger partial charge in [0, 0.05) is 17.0 Å². The molecule has 1 heterocycles. The average Bonchev–Trinajstić information content (AvgIpc) is 3.18. The highest BCUT2D eigenvalue weighted by Crippen LogP contribution is 2.25. The summed E-state index contributed by atoms with van der Waals surface area (Å²) < 4.78 is 7.23. The van der Waals surface area contributed by atoms with Gasteiger partial charge in [0.1, 0.15) is 0 Å². The molecule has 36 heavy (non-hydrogen) atoms. The lowest BCUT2D eigenvalue weighted by Gasteiger charge is -2.16. The number of carbonyl (C=O) groups excluding carboxylic acids is 2. The smallest absolute Gasteiger partial charge is 0.340 e. The van der Waals surface area contributed by atoms with Crippen LogP contribution in [0.1, 0.15) is 51.3 Å². The number of rotatable bonds is 8. The van der Waals surface area contributed by atoms with Crippen molar-refractivity contribution >= 4 is 18.1 Å². The molecule has 3 aromatic carbocycles. The summed E-state index contributed by atoms with van der Waals surface area (Å²) in [7, 11) is 0. The Morgan fingerprint density at radius 2 is 1.50 bits per heavy atom. The van der Waals surface area contributed by atoms with E-state index in [9.17, 15) is 9.59 Å². The number of ether oxygens (including phenoxy) is 1. The summed E-state index contributed by atoms with van der Waals surface area (Å²) in [4.78, 5) is 25.7. The van der Waals surface area contributed by atoms with Crippen molar-refractivity contribution in [1.82, 2.24) is 9.99 Å². The van der Waals surface area contributed by atoms with Gasteiger partial charge < -0.3 is 9.30 Å². The first-order chi connectivity index (χ1) is 17.5. The number of nitrogens with one attached hydrogen (secondary N) is 1. The van der Waals surface area contributed by atoms with Crippen molar-refractivity contribution in [2.24, 2.45) is 5.10 Å². The molecule has 0 aliphatic rings. The van der Waals surface area contributed by atoms with Crippen LogP contribution in [0.2, 0.25) is 0 Å². The summed E-state index contributed by atoms with van der Waals surface area (Å²) in [6, 6.07) is 28.6. The molecule has 0 aliphatic carbocycles. The first-order valence-electron chi connectivity index (χ1n) is 11.9. The number of benzene rings is 3. The molecule has 0 fully saturated rings. The van der Waals surface area contributed by atoms with Crippen molar-refractivity contribution in [2.75, 3.05) is 6.61 Å². The predicted octanol–water partition coefficient (Wildman–Crippen LogP) is 5.55. The standard InChI is InChI=1S/C30H29N3O3/c1-4-36-30(35)26-17-11-12-18-27(26)33-21(2)19-25(22(33)3)20-31-32-29(34)28(23-13-7-5-8-14-23)24-15-9-6-10-16-24/h5-20,28H,4H2,1-3H3,(H,32,34)/b31-20-. The molecule has 0 aliphatic heterocycles. The molecular formula is C30H29N3O3. The van der Waals surface area contributed by atoms with E-state index in [0.29, 0.717) is 12.2 Å². The van der Waals surface area contributed by atoms with E-state index in [4.69, 9.17) is 4.74 Å². The van der Waals surface area contributed by atoms with Crippen LogP contribution in [0.3, 0.4) is 0 Å². The molecule has 6 heteroatoms. The molecule has 0 atom stereocenters. The quantitative estimate of drug-likeness (QED) is 0.204. The fourth-order valence-electron chi connectivity index (χ4n) is 4.36. The van der Waals surface area contributed by atoms with E-state index in [0.717, 1.165) is 33.8 Å². The van der Waals surface area contributed by atoms with Gasteiger partial charge in [0.2, 0.25) is 0 Å². The number of hydrazone groups is 1. The second-order valence-corrected chi connectivity index (χ2v) is 8.39. The Hall–Kier alpha value is -4.45. The number of hydrogen-bond donors (Lipinski definition) is 1. The number of nitrogens with zero attached hydrogens (tertiary/aromatic N) is 2. The number of carbonyl (C=O) groups is 2. The summed E-state index contributed by atoms with van der Waals surface area (Å²) in [5.74, 6) is -1.06. The molecule has 0 unspecified atom stereocenters. The molecule has 0 saturated carbocycles. The molecule has 1 N–H and O–H groups in total. The summed E-state index contributed by atoms with van der Waals surface area (Å²) in [5, 5.41) is 4.28. The summed E-state index contributed by atoms with van der Waals surface area (Å²) in [5.41, 5.74) is 8.40. The maximum atomic E-state index is 13.2. The van der Waals surface area contributed by atoms with Crippen LogP contribution in [-0.2, 0) is 9.53 Å². The first kappa shape index (κ1) is 24.7. The molecule has 0 spiro atoms. The highest BCUT2D eigenvalue weighted by molar-refractivity contribution is 5.94. The highest BCUT2D eigenvalue weighted by atomic mass is 16.5. The second-order valence-electron chi connectivity index (χ2n) is 8.39. The molecule has 1 aromatic heterocycles. The minimum Gasteiger partial charge on any atom is -0.462 e. The van der Waals surface area contributed by atoms with E-state index in [1.807, 2.05) is 103 Å². The van der Waals surface area contributed by atoms with Gasteiger partial charge in [-0.2, -0.15) is 5.10 Å². The van der Waals surface area contributed by atoms with Crippen molar-refractivity contribution in [1.29, 1.82) is 0 Å². The number of para-hydroxylation sites is 1. The largest absolute Gasteiger partial charge is 0.462 e. The van der Waals surface area contributed by atoms with Crippen molar-refractivity contribution in [3.05, 3.63) is 125 Å². The lowest BCUT2D eigenvalue weighted by Crippen LogP contribution is -2.26. The van der Waals surface area contributed by atoms with Crippen LogP contribution in [0.25, 0.3) is 5.69 Å². The Morgan fingerprint density at radius 1 is 0.917 bits per heavy atom. The first-order valence-corrected chi connectivity index (χ1v) is 11.9. The fraction of sp³-hybridized carbons (Fsp3) is 0.167. The zero-order chi connectivity index (χ0) is 25.5. The van der Waals surface area contributed by atoms with E-state index in [1.165, 1.54) is 0 Å². The molecule has 4 rings (SSSR count). The molecule has 0 bridgehead atoms. The zero-order valence-electron chi connectivity index (χ0n) is 20.6. The predicted molar refractivity (Wildman–Crippen MR) is 142 cm³/mol. The van der Waals surface area contributed by atoms with Crippen LogP contribution >= 0.6 is 0 Å². The highest BCUT2D eigenvalue weighted by Gasteiger charge is 2.22. The van der Waals surface area contributed by atoms with E-state index in [1.54, 1.807) is 19.2 Å². The molecule has 182 valence electrons. The van der Waals surface area contributed by atoms with Gasteiger partial charge in [-0.15, -0.1) is 0 Å². The van der Waals surface area contributed by atoms with Gasteiger partial charge in [-0.3, -0.25) is 4.79 Å². The van der Waals surface area contributed by atoms with Gasteiger partial charge in [0.15, 0.2) is 0 Å². The monoisotopic (exact) mass is 479 g/mol. The van der Waals surface area contributed by atoms with Crippen LogP contribution in [0.15, 0.2) is 96.1 Å². The summed E-state index contributed by atoms with van der Waals surface area (Å²) in [6.45, 7) is 6.01. The molecular weight excluding hydrogens is 450 g/mol. The fourth-order valence-corrected chi connectivity index (χ4v) is 4.36. The molecule has 1 amide bonds. The number of hydrogen-bond acceptors (Lipinski definition) is 4. The van der Waals surface area contributed by atoms with E-state index >= 15 is 0 Å². The Balaban J connectivity index is 1.59. The van der Waals surface area contributed by atoms with E-state index in [-0.39, 0.29) is 11.9 Å². The van der Waals surface area contributed by atoms with Crippen LogP contribution in [-0.4, -0.2) is 29.3 Å². The van der Waals surface area contributed by atoms with E-state index in [2.05, 4.69) is 10.5 Å². The van der Waals surface area contributed by atoms with Crippen LogP contribution < -0.4 is 5.43 Å². The Labute approximate surface area is 211 Å². The average molecular weight is 480 g/mol. The Bertz CT molecular complexity index is 1340. The summed E-state index contributed by atoms with van der Waals surface area (Å²) in [6.07, 6.45) is 1.64. The minimum atomic E-state index is -0.478. The van der Waals surface area contributed by atoms with Crippen molar-refractivity contribution in [3.63, 3.8) is 0 Å². The van der Waals surface area contributed by atoms with Crippen LogP contribution in [0.5, 0.6) is 0 Å². The molecule has 0 saturated heterocycles. The number of amides is 1. The van der Waals surface area contributed by atoms with Gasteiger partial charge in [0.25, 0.3) is 5.91 Å². The molecule has 6 nitrogen and oxygen atoms in total. The SMILES string of the molecule is CCOC(=O)c1ccccc1-n1c(C)cc(/C=N\NC(=O)C(c2ccccc2)c2ccccc2)c1C. The lowest BCUT2D eigenvalue weighted by molar-refractivity contribution is -0.121. The maximum Gasteiger partial charge on any atom is 0.340 e. The van der Waals surface area contributed by atoms with Gasteiger partial charge >= 0.3 is 5.97 Å².